The number of aliphatic carboxylic acids is 1. The lowest BCUT2D eigenvalue weighted by molar-refractivity contribution is -0.143. The summed E-state index contributed by atoms with van der Waals surface area (Å²) in [5.74, 6) is -2.53. The first kappa shape index (κ1) is 19.3. The van der Waals surface area contributed by atoms with E-state index in [2.05, 4.69) is 5.32 Å². The lowest BCUT2D eigenvalue weighted by atomic mass is 9.85. The number of aliphatic hydroxyl groups is 1. The zero-order valence-corrected chi connectivity index (χ0v) is 15.1. The quantitative estimate of drug-likeness (QED) is 0.592. The van der Waals surface area contributed by atoms with Crippen molar-refractivity contribution < 1.29 is 19.8 Å². The van der Waals surface area contributed by atoms with Crippen molar-refractivity contribution >= 4 is 11.9 Å². The summed E-state index contributed by atoms with van der Waals surface area (Å²) < 4.78 is 0. The van der Waals surface area contributed by atoms with Crippen LogP contribution in [0.2, 0.25) is 0 Å². The van der Waals surface area contributed by atoms with E-state index >= 15 is 0 Å². The Morgan fingerprint density at radius 1 is 0.679 bits per heavy atom. The number of benzene rings is 3. The van der Waals surface area contributed by atoms with Crippen LogP contribution in [0.3, 0.4) is 0 Å². The van der Waals surface area contributed by atoms with Gasteiger partial charge in [-0.15, -0.1) is 0 Å². The van der Waals surface area contributed by atoms with Gasteiger partial charge in [0.25, 0.3) is 5.91 Å². The normalized spacial score (nSPS) is 12.9. The summed E-state index contributed by atoms with van der Waals surface area (Å²) in [6, 6.07) is 25.5. The van der Waals surface area contributed by atoms with Gasteiger partial charge in [0.1, 0.15) is 6.04 Å². The van der Waals surface area contributed by atoms with Crippen molar-refractivity contribution in [1.82, 2.24) is 5.32 Å². The van der Waals surface area contributed by atoms with Gasteiger partial charge in [-0.2, -0.15) is 0 Å². The molecule has 5 nitrogen and oxygen atoms in total. The lowest BCUT2D eigenvalue weighted by Crippen LogP contribution is -2.47. The second-order valence-corrected chi connectivity index (χ2v) is 6.44. The second-order valence-electron chi connectivity index (χ2n) is 6.44. The van der Waals surface area contributed by atoms with Gasteiger partial charge in [0, 0.05) is 5.92 Å². The predicted molar refractivity (Wildman–Crippen MR) is 106 cm³/mol. The number of hydrogen-bond donors (Lipinski definition) is 3. The Hall–Kier alpha value is -3.44. The topological polar surface area (TPSA) is 86.6 Å². The molecule has 0 unspecified atom stereocenters. The van der Waals surface area contributed by atoms with Crippen LogP contribution in [0.5, 0.6) is 0 Å². The Morgan fingerprint density at radius 3 is 1.46 bits per heavy atom. The minimum absolute atomic E-state index is 0.403. The third-order valence-electron chi connectivity index (χ3n) is 4.58. The highest BCUT2D eigenvalue weighted by Gasteiger charge is 2.33. The molecule has 0 fully saturated rings. The number of nitrogens with one attached hydrogen (secondary N) is 1. The molecule has 0 radical (unpaired) electrons. The number of rotatable bonds is 7. The average Bonchev–Trinajstić information content (AvgIpc) is 2.74. The van der Waals surface area contributed by atoms with Gasteiger partial charge < -0.3 is 15.5 Å². The number of carbonyl (C=O) groups is 2. The van der Waals surface area contributed by atoms with Gasteiger partial charge in [-0.1, -0.05) is 91.0 Å². The third kappa shape index (κ3) is 4.45. The molecule has 0 aliphatic rings. The molecular formula is C23H21NO4. The van der Waals surface area contributed by atoms with Crippen molar-refractivity contribution in [3.63, 3.8) is 0 Å². The number of hydrogen-bond acceptors (Lipinski definition) is 3. The highest BCUT2D eigenvalue weighted by Crippen LogP contribution is 2.29. The maximum atomic E-state index is 12.6. The number of amides is 1. The van der Waals surface area contributed by atoms with Crippen LogP contribution >= 0.6 is 0 Å². The first-order valence-corrected chi connectivity index (χ1v) is 8.94. The van der Waals surface area contributed by atoms with Gasteiger partial charge in [-0.05, 0) is 16.7 Å². The molecule has 0 aromatic heterocycles. The van der Waals surface area contributed by atoms with Crippen LogP contribution in [-0.2, 0) is 9.59 Å². The maximum absolute atomic E-state index is 12.6. The molecule has 0 heterocycles. The molecule has 28 heavy (non-hydrogen) atoms. The largest absolute Gasteiger partial charge is 0.480 e. The smallest absolute Gasteiger partial charge is 0.327 e. The Labute approximate surface area is 163 Å². The van der Waals surface area contributed by atoms with E-state index in [1.807, 2.05) is 60.7 Å². The van der Waals surface area contributed by atoms with Crippen LogP contribution < -0.4 is 5.32 Å². The molecule has 3 rings (SSSR count). The first-order chi connectivity index (χ1) is 13.6. The molecule has 1 amide bonds. The van der Waals surface area contributed by atoms with Crippen molar-refractivity contribution in [3.05, 3.63) is 108 Å². The summed E-state index contributed by atoms with van der Waals surface area (Å²) in [7, 11) is 0. The Kier molecular flexibility index (Phi) is 6.19. The SMILES string of the molecule is O=C(N[C@H](C(=O)O)C(c1ccccc1)c1ccccc1)[C@@H](O)c1ccccc1. The molecule has 142 valence electrons. The zero-order valence-electron chi connectivity index (χ0n) is 15.1. The molecule has 0 bridgehead atoms. The van der Waals surface area contributed by atoms with E-state index in [1.54, 1.807) is 30.3 Å². The first-order valence-electron chi connectivity index (χ1n) is 8.94. The molecule has 0 aliphatic carbocycles. The minimum Gasteiger partial charge on any atom is -0.480 e. The standard InChI is InChI=1S/C23H21NO4/c25-21(18-14-8-3-9-15-18)22(26)24-20(23(27)28)19(16-10-4-1-5-11-16)17-12-6-2-7-13-17/h1-15,19-21,25H,(H,24,26)(H,27,28)/t20-,21-/m0/s1. The maximum Gasteiger partial charge on any atom is 0.327 e. The molecule has 2 atom stereocenters. The summed E-state index contributed by atoms with van der Waals surface area (Å²) >= 11 is 0. The molecule has 3 N–H and O–H groups in total. The predicted octanol–water partition coefficient (Wildman–Crippen LogP) is 3.12. The Balaban J connectivity index is 1.93. The van der Waals surface area contributed by atoms with Crippen molar-refractivity contribution in [1.29, 1.82) is 0 Å². The fourth-order valence-corrected chi connectivity index (χ4v) is 3.20. The highest BCUT2D eigenvalue weighted by molar-refractivity contribution is 5.88. The average molecular weight is 375 g/mol. The number of carboxylic acids is 1. The molecule has 5 heteroatoms. The zero-order chi connectivity index (χ0) is 19.9. The fraction of sp³-hybridized carbons (Fsp3) is 0.130. The molecule has 0 spiro atoms. The van der Waals surface area contributed by atoms with E-state index in [0.29, 0.717) is 5.56 Å². The van der Waals surface area contributed by atoms with E-state index in [1.165, 1.54) is 0 Å². The van der Waals surface area contributed by atoms with Gasteiger partial charge in [0.05, 0.1) is 0 Å². The van der Waals surface area contributed by atoms with E-state index in [9.17, 15) is 19.8 Å². The Morgan fingerprint density at radius 2 is 1.07 bits per heavy atom. The summed E-state index contributed by atoms with van der Waals surface area (Å²) in [6.07, 6.45) is -1.45. The van der Waals surface area contributed by atoms with Crippen molar-refractivity contribution in [3.8, 4) is 0 Å². The fourth-order valence-electron chi connectivity index (χ4n) is 3.20. The molecule has 0 saturated carbocycles. The minimum atomic E-state index is -1.45. The third-order valence-corrected chi connectivity index (χ3v) is 4.58. The van der Waals surface area contributed by atoms with Gasteiger partial charge in [0.2, 0.25) is 0 Å². The molecule has 0 aliphatic heterocycles. The van der Waals surface area contributed by atoms with Crippen LogP contribution in [0, 0.1) is 0 Å². The molecule has 3 aromatic rings. The van der Waals surface area contributed by atoms with Crippen molar-refractivity contribution in [2.45, 2.75) is 18.1 Å². The van der Waals surface area contributed by atoms with Crippen LogP contribution in [0.1, 0.15) is 28.7 Å². The van der Waals surface area contributed by atoms with Gasteiger partial charge >= 0.3 is 5.97 Å². The highest BCUT2D eigenvalue weighted by atomic mass is 16.4. The molecular weight excluding hydrogens is 354 g/mol. The van der Waals surface area contributed by atoms with Crippen molar-refractivity contribution in [2.75, 3.05) is 0 Å². The second kappa shape index (κ2) is 8.97. The Bertz CT molecular complexity index is 874. The van der Waals surface area contributed by atoms with E-state index in [0.717, 1.165) is 11.1 Å². The molecule has 0 saturated heterocycles. The van der Waals surface area contributed by atoms with E-state index in [4.69, 9.17) is 0 Å². The lowest BCUT2D eigenvalue weighted by Gasteiger charge is -2.27. The summed E-state index contributed by atoms with van der Waals surface area (Å²) in [4.78, 5) is 24.7. The summed E-state index contributed by atoms with van der Waals surface area (Å²) in [5, 5.41) is 22.7. The van der Waals surface area contributed by atoms with Crippen LogP contribution in [-0.4, -0.2) is 28.1 Å². The number of aliphatic hydroxyl groups excluding tert-OH is 1. The van der Waals surface area contributed by atoms with E-state index in [-0.39, 0.29) is 0 Å². The number of carbonyl (C=O) groups excluding carboxylic acids is 1. The van der Waals surface area contributed by atoms with Gasteiger partial charge in [-0.3, -0.25) is 4.79 Å². The molecule has 3 aromatic carbocycles. The van der Waals surface area contributed by atoms with Crippen LogP contribution in [0.15, 0.2) is 91.0 Å². The van der Waals surface area contributed by atoms with Gasteiger partial charge in [-0.25, -0.2) is 4.79 Å². The van der Waals surface area contributed by atoms with Crippen LogP contribution in [0.4, 0.5) is 0 Å². The summed E-state index contributed by atoms with van der Waals surface area (Å²) in [6.45, 7) is 0. The summed E-state index contributed by atoms with van der Waals surface area (Å²) in [5.41, 5.74) is 1.92. The van der Waals surface area contributed by atoms with Crippen molar-refractivity contribution in [2.24, 2.45) is 0 Å². The monoisotopic (exact) mass is 375 g/mol. The van der Waals surface area contributed by atoms with Gasteiger partial charge in [0.15, 0.2) is 6.10 Å². The van der Waals surface area contributed by atoms with Crippen LogP contribution in [0.25, 0.3) is 0 Å². The van der Waals surface area contributed by atoms with E-state index < -0.39 is 29.9 Å². The number of carboxylic acid groups (broad SMARTS) is 1.